The minimum Gasteiger partial charge on any atom is -0.490 e. The van der Waals surface area contributed by atoms with Gasteiger partial charge in [-0.25, -0.2) is 9.69 Å². The summed E-state index contributed by atoms with van der Waals surface area (Å²) in [5.41, 5.74) is 2.15. The monoisotopic (exact) mass is 577 g/mol. The molecule has 0 spiro atoms. The van der Waals surface area contributed by atoms with Crippen molar-refractivity contribution >= 4 is 57.1 Å². The largest absolute Gasteiger partial charge is 0.490 e. The molecule has 0 unspecified atom stereocenters. The molecule has 2 N–H and O–H groups in total. The van der Waals surface area contributed by atoms with Crippen LogP contribution in [0.3, 0.4) is 0 Å². The van der Waals surface area contributed by atoms with Gasteiger partial charge in [0.1, 0.15) is 5.57 Å². The molecule has 5 amide bonds. The van der Waals surface area contributed by atoms with Crippen LogP contribution in [0.15, 0.2) is 76.8 Å². The van der Waals surface area contributed by atoms with Crippen LogP contribution in [0.1, 0.15) is 18.1 Å². The normalized spacial score (nSPS) is 14.3. The third-order valence-corrected chi connectivity index (χ3v) is 6.11. The fraction of sp³-hybridized carbons (Fsp3) is 0.143. The summed E-state index contributed by atoms with van der Waals surface area (Å²) in [5.74, 6) is -1.33. The number of amides is 5. The quantitative estimate of drug-likeness (QED) is 0.292. The molecular weight excluding hydrogens is 554 g/mol. The molecule has 1 fully saturated rings. The van der Waals surface area contributed by atoms with Crippen LogP contribution >= 0.6 is 15.9 Å². The van der Waals surface area contributed by atoms with E-state index < -0.39 is 17.8 Å². The summed E-state index contributed by atoms with van der Waals surface area (Å²) < 4.78 is 11.9. The highest BCUT2D eigenvalue weighted by atomic mass is 79.9. The Morgan fingerprint density at radius 3 is 2.45 bits per heavy atom. The number of rotatable bonds is 8. The molecular formula is C28H24BrN3O6. The first-order valence-electron chi connectivity index (χ1n) is 11.7. The lowest BCUT2D eigenvalue weighted by atomic mass is 10.1. The number of hydrogen-bond acceptors (Lipinski definition) is 6. The van der Waals surface area contributed by atoms with Crippen LogP contribution in [0.5, 0.6) is 11.5 Å². The Labute approximate surface area is 227 Å². The number of urea groups is 1. The van der Waals surface area contributed by atoms with Crippen molar-refractivity contribution in [2.24, 2.45) is 0 Å². The first-order chi connectivity index (χ1) is 18.3. The standard InChI is InChI=1S/C28H24BrN3O6/c1-3-37-23-15-18(13-20-26(34)31-28(36)32(27(20)35)19-10-5-4-6-11-19)14-21(29)25(23)38-16-24(33)30-22-12-8-7-9-17(22)2/h4-15H,3,16H2,1-2H3,(H,30,33)(H,31,34,36)/b20-13-. The van der Waals surface area contributed by atoms with E-state index in [1.165, 1.54) is 6.08 Å². The van der Waals surface area contributed by atoms with E-state index in [4.69, 9.17) is 9.47 Å². The van der Waals surface area contributed by atoms with Crippen molar-refractivity contribution in [3.05, 3.63) is 87.9 Å². The SMILES string of the molecule is CCOc1cc(/C=C2/C(=O)NC(=O)N(c3ccccc3)C2=O)cc(Br)c1OCC(=O)Nc1ccccc1C. The van der Waals surface area contributed by atoms with Gasteiger partial charge in [0.25, 0.3) is 17.7 Å². The van der Waals surface area contributed by atoms with Crippen molar-refractivity contribution in [1.29, 1.82) is 0 Å². The zero-order valence-electron chi connectivity index (χ0n) is 20.6. The number of nitrogens with one attached hydrogen (secondary N) is 2. The Hall–Kier alpha value is -4.44. The van der Waals surface area contributed by atoms with E-state index in [9.17, 15) is 19.2 Å². The molecule has 38 heavy (non-hydrogen) atoms. The molecule has 0 saturated carbocycles. The van der Waals surface area contributed by atoms with Gasteiger partial charge in [0.05, 0.1) is 16.8 Å². The highest BCUT2D eigenvalue weighted by molar-refractivity contribution is 9.10. The van der Waals surface area contributed by atoms with Gasteiger partial charge in [0, 0.05) is 5.69 Å². The van der Waals surface area contributed by atoms with E-state index in [1.807, 2.05) is 25.1 Å². The zero-order chi connectivity index (χ0) is 27.2. The highest BCUT2D eigenvalue weighted by Crippen LogP contribution is 2.38. The van der Waals surface area contributed by atoms with Gasteiger partial charge in [-0.3, -0.25) is 19.7 Å². The number of benzene rings is 3. The van der Waals surface area contributed by atoms with Gasteiger partial charge < -0.3 is 14.8 Å². The summed E-state index contributed by atoms with van der Waals surface area (Å²) in [6, 6.07) is 18.1. The molecule has 1 saturated heterocycles. The van der Waals surface area contributed by atoms with E-state index in [2.05, 4.69) is 26.6 Å². The molecule has 194 valence electrons. The van der Waals surface area contributed by atoms with Gasteiger partial charge in [-0.1, -0.05) is 36.4 Å². The van der Waals surface area contributed by atoms with Crippen molar-refractivity contribution in [2.45, 2.75) is 13.8 Å². The molecule has 0 aromatic heterocycles. The number of ether oxygens (including phenoxy) is 2. The average molecular weight is 578 g/mol. The number of carbonyl (C=O) groups is 4. The summed E-state index contributed by atoms with van der Waals surface area (Å²) in [7, 11) is 0. The molecule has 1 aliphatic rings. The number of imide groups is 2. The van der Waals surface area contributed by atoms with E-state index in [-0.39, 0.29) is 23.8 Å². The smallest absolute Gasteiger partial charge is 0.335 e. The molecule has 3 aromatic rings. The van der Waals surface area contributed by atoms with Gasteiger partial charge in [-0.2, -0.15) is 0 Å². The van der Waals surface area contributed by atoms with Crippen LogP contribution in [0.4, 0.5) is 16.2 Å². The van der Waals surface area contributed by atoms with E-state index in [0.717, 1.165) is 10.5 Å². The maximum atomic E-state index is 13.1. The Morgan fingerprint density at radius 2 is 1.74 bits per heavy atom. The second-order valence-corrected chi connectivity index (χ2v) is 9.06. The molecule has 1 aliphatic heterocycles. The highest BCUT2D eigenvalue weighted by Gasteiger charge is 2.36. The number of carbonyl (C=O) groups excluding carboxylic acids is 4. The fourth-order valence-corrected chi connectivity index (χ4v) is 4.32. The average Bonchev–Trinajstić information content (AvgIpc) is 2.88. The number of nitrogens with zero attached hydrogens (tertiary/aromatic N) is 1. The summed E-state index contributed by atoms with van der Waals surface area (Å²) >= 11 is 3.43. The van der Waals surface area contributed by atoms with Crippen LogP contribution in [0.2, 0.25) is 0 Å². The second kappa shape index (κ2) is 11.7. The molecule has 0 aliphatic carbocycles. The Bertz CT molecular complexity index is 1440. The van der Waals surface area contributed by atoms with Crippen molar-refractivity contribution in [3.63, 3.8) is 0 Å². The van der Waals surface area contributed by atoms with Crippen LogP contribution in [-0.4, -0.2) is 37.0 Å². The van der Waals surface area contributed by atoms with E-state index in [0.29, 0.717) is 33.8 Å². The van der Waals surface area contributed by atoms with Crippen LogP contribution in [0, 0.1) is 6.92 Å². The van der Waals surface area contributed by atoms with Crippen molar-refractivity contribution < 1.29 is 28.7 Å². The summed E-state index contributed by atoms with van der Waals surface area (Å²) in [4.78, 5) is 51.4. The molecule has 0 bridgehead atoms. The Morgan fingerprint density at radius 1 is 1.03 bits per heavy atom. The van der Waals surface area contributed by atoms with E-state index >= 15 is 0 Å². The predicted molar refractivity (Wildman–Crippen MR) is 146 cm³/mol. The van der Waals surface area contributed by atoms with Gasteiger partial charge >= 0.3 is 6.03 Å². The maximum absolute atomic E-state index is 13.1. The molecule has 9 nitrogen and oxygen atoms in total. The van der Waals surface area contributed by atoms with Gasteiger partial charge in [0.15, 0.2) is 18.1 Å². The van der Waals surface area contributed by atoms with Crippen LogP contribution < -0.4 is 25.0 Å². The third kappa shape index (κ3) is 5.92. The van der Waals surface area contributed by atoms with Crippen molar-refractivity contribution in [1.82, 2.24) is 5.32 Å². The molecule has 1 heterocycles. The first kappa shape index (κ1) is 26.6. The molecule has 4 rings (SSSR count). The van der Waals surface area contributed by atoms with Crippen molar-refractivity contribution in [3.8, 4) is 11.5 Å². The Balaban J connectivity index is 1.58. The second-order valence-electron chi connectivity index (χ2n) is 8.21. The van der Waals surface area contributed by atoms with Gasteiger partial charge in [0.2, 0.25) is 0 Å². The van der Waals surface area contributed by atoms with E-state index in [1.54, 1.807) is 55.5 Å². The lowest BCUT2D eigenvalue weighted by Crippen LogP contribution is -2.54. The number of anilines is 2. The minimum atomic E-state index is -0.827. The van der Waals surface area contributed by atoms with Crippen LogP contribution in [0.25, 0.3) is 6.08 Å². The zero-order valence-corrected chi connectivity index (χ0v) is 22.2. The maximum Gasteiger partial charge on any atom is 0.335 e. The summed E-state index contributed by atoms with van der Waals surface area (Å²) in [5, 5.41) is 5.00. The summed E-state index contributed by atoms with van der Waals surface area (Å²) in [6.07, 6.45) is 1.36. The molecule has 0 radical (unpaired) electrons. The Kier molecular flexibility index (Phi) is 8.22. The first-order valence-corrected chi connectivity index (χ1v) is 12.5. The summed E-state index contributed by atoms with van der Waals surface area (Å²) in [6.45, 7) is 3.70. The third-order valence-electron chi connectivity index (χ3n) is 5.53. The lowest BCUT2D eigenvalue weighted by Gasteiger charge is -2.26. The number of halogens is 1. The number of aryl methyl sites for hydroxylation is 1. The fourth-order valence-electron chi connectivity index (χ4n) is 3.75. The number of barbiturate groups is 1. The van der Waals surface area contributed by atoms with Crippen molar-refractivity contribution in [2.75, 3.05) is 23.4 Å². The predicted octanol–water partition coefficient (Wildman–Crippen LogP) is 4.84. The van der Waals surface area contributed by atoms with Crippen LogP contribution in [-0.2, 0) is 14.4 Å². The van der Waals surface area contributed by atoms with Gasteiger partial charge in [-0.05, 0) is 77.3 Å². The minimum absolute atomic E-state index is 0.228. The number of para-hydroxylation sites is 2. The molecule has 10 heteroatoms. The number of hydrogen-bond donors (Lipinski definition) is 2. The molecule has 0 atom stereocenters. The lowest BCUT2D eigenvalue weighted by molar-refractivity contribution is -0.122. The van der Waals surface area contributed by atoms with Gasteiger partial charge in [-0.15, -0.1) is 0 Å². The molecule has 3 aromatic carbocycles. The topological polar surface area (TPSA) is 114 Å².